The summed E-state index contributed by atoms with van der Waals surface area (Å²) >= 11 is 0. The number of nitrogens with zero attached hydrogens (tertiary/aromatic N) is 3. The van der Waals surface area contributed by atoms with Crippen molar-refractivity contribution in [1.29, 1.82) is 0 Å². The highest BCUT2D eigenvalue weighted by molar-refractivity contribution is 5.85. The summed E-state index contributed by atoms with van der Waals surface area (Å²) in [6.07, 6.45) is 5.86. The zero-order valence-corrected chi connectivity index (χ0v) is 7.71. The molecule has 70 valence electrons. The Kier molecular flexibility index (Phi) is 2.10. The van der Waals surface area contributed by atoms with Gasteiger partial charge in [0.25, 0.3) is 0 Å². The molecule has 0 aliphatic rings. The standard InChI is InChI=1S/C10H9N3O/c1-13-6-9(7-14)10(12-13)8-2-4-11-5-3-8/h2-7H,1H3. The molecule has 2 rings (SSSR count). The van der Waals surface area contributed by atoms with Crippen LogP contribution in [0, 0.1) is 0 Å². The highest BCUT2D eigenvalue weighted by Crippen LogP contribution is 2.18. The highest BCUT2D eigenvalue weighted by atomic mass is 16.1. The Balaban J connectivity index is 2.56. The maximum Gasteiger partial charge on any atom is 0.153 e. The van der Waals surface area contributed by atoms with Crippen molar-refractivity contribution in [1.82, 2.24) is 14.8 Å². The maximum atomic E-state index is 10.7. The van der Waals surface area contributed by atoms with E-state index in [1.54, 1.807) is 30.3 Å². The summed E-state index contributed by atoms with van der Waals surface area (Å²) < 4.78 is 1.62. The maximum absolute atomic E-state index is 10.7. The van der Waals surface area contributed by atoms with Crippen molar-refractivity contribution in [2.45, 2.75) is 0 Å². The minimum Gasteiger partial charge on any atom is -0.298 e. The number of hydrogen-bond donors (Lipinski definition) is 0. The van der Waals surface area contributed by atoms with Crippen LogP contribution in [0.4, 0.5) is 0 Å². The molecule has 14 heavy (non-hydrogen) atoms. The predicted molar refractivity (Wildman–Crippen MR) is 51.8 cm³/mol. The minimum absolute atomic E-state index is 0.596. The monoisotopic (exact) mass is 187 g/mol. The summed E-state index contributed by atoms with van der Waals surface area (Å²) in [6, 6.07) is 3.66. The van der Waals surface area contributed by atoms with Crippen molar-refractivity contribution in [3.05, 3.63) is 36.3 Å². The van der Waals surface area contributed by atoms with Gasteiger partial charge in [0.05, 0.1) is 5.56 Å². The minimum atomic E-state index is 0.596. The van der Waals surface area contributed by atoms with Gasteiger partial charge in [-0.1, -0.05) is 0 Å². The van der Waals surface area contributed by atoms with E-state index in [0.29, 0.717) is 11.3 Å². The van der Waals surface area contributed by atoms with Gasteiger partial charge in [0.2, 0.25) is 0 Å². The van der Waals surface area contributed by atoms with Crippen LogP contribution in [0.5, 0.6) is 0 Å². The molecule has 0 fully saturated rings. The number of carbonyl (C=O) groups is 1. The molecule has 0 atom stereocenters. The van der Waals surface area contributed by atoms with Gasteiger partial charge in [-0.2, -0.15) is 5.10 Å². The van der Waals surface area contributed by atoms with Crippen LogP contribution in [-0.4, -0.2) is 21.1 Å². The molecule has 2 aromatic heterocycles. The second-order valence-electron chi connectivity index (χ2n) is 2.96. The van der Waals surface area contributed by atoms with Crippen LogP contribution in [0.1, 0.15) is 10.4 Å². The SMILES string of the molecule is Cn1cc(C=O)c(-c2ccncc2)n1. The van der Waals surface area contributed by atoms with E-state index in [4.69, 9.17) is 0 Å². The third-order valence-electron chi connectivity index (χ3n) is 1.94. The van der Waals surface area contributed by atoms with Crippen LogP contribution >= 0.6 is 0 Å². The molecule has 0 saturated heterocycles. The molecule has 0 spiro atoms. The Hall–Kier alpha value is -1.97. The summed E-state index contributed by atoms with van der Waals surface area (Å²) in [5, 5.41) is 4.21. The zero-order valence-electron chi connectivity index (χ0n) is 7.71. The third-order valence-corrected chi connectivity index (χ3v) is 1.94. The summed E-state index contributed by atoms with van der Waals surface area (Å²) in [7, 11) is 1.79. The number of aromatic nitrogens is 3. The lowest BCUT2D eigenvalue weighted by molar-refractivity contribution is 0.112. The fourth-order valence-corrected chi connectivity index (χ4v) is 1.33. The number of aldehydes is 1. The Bertz CT molecular complexity index is 448. The van der Waals surface area contributed by atoms with Gasteiger partial charge in [-0.05, 0) is 12.1 Å². The summed E-state index contributed by atoms with van der Waals surface area (Å²) in [5.74, 6) is 0. The number of rotatable bonds is 2. The first kappa shape index (κ1) is 8.62. The van der Waals surface area contributed by atoms with E-state index in [1.807, 2.05) is 12.1 Å². The van der Waals surface area contributed by atoms with E-state index >= 15 is 0 Å². The molecule has 0 radical (unpaired) electrons. The van der Waals surface area contributed by atoms with E-state index in [-0.39, 0.29) is 0 Å². The Morgan fingerprint density at radius 1 is 1.36 bits per heavy atom. The van der Waals surface area contributed by atoms with Crippen molar-refractivity contribution in [2.75, 3.05) is 0 Å². The molecular weight excluding hydrogens is 178 g/mol. The van der Waals surface area contributed by atoms with Gasteiger partial charge in [0.1, 0.15) is 5.69 Å². The molecule has 0 aromatic carbocycles. The number of aryl methyl sites for hydroxylation is 1. The third kappa shape index (κ3) is 1.42. The van der Waals surface area contributed by atoms with Crippen LogP contribution in [0.25, 0.3) is 11.3 Å². The topological polar surface area (TPSA) is 47.8 Å². The summed E-state index contributed by atoms with van der Waals surface area (Å²) in [6.45, 7) is 0. The molecule has 0 amide bonds. The van der Waals surface area contributed by atoms with Crippen molar-refractivity contribution < 1.29 is 4.79 Å². The Morgan fingerprint density at radius 2 is 2.07 bits per heavy atom. The van der Waals surface area contributed by atoms with Gasteiger partial charge in [0.15, 0.2) is 6.29 Å². The fraction of sp³-hybridized carbons (Fsp3) is 0.100. The molecule has 2 heterocycles. The van der Waals surface area contributed by atoms with Crippen molar-refractivity contribution in [3.63, 3.8) is 0 Å². The van der Waals surface area contributed by atoms with Gasteiger partial charge >= 0.3 is 0 Å². The lowest BCUT2D eigenvalue weighted by Crippen LogP contribution is -1.88. The van der Waals surface area contributed by atoms with Gasteiger partial charge in [-0.15, -0.1) is 0 Å². The molecule has 0 bridgehead atoms. The normalized spacial score (nSPS) is 10.1. The fourth-order valence-electron chi connectivity index (χ4n) is 1.33. The van der Waals surface area contributed by atoms with Crippen molar-refractivity contribution >= 4 is 6.29 Å². The lowest BCUT2D eigenvalue weighted by Gasteiger charge is -1.95. The van der Waals surface area contributed by atoms with Crippen molar-refractivity contribution in [3.8, 4) is 11.3 Å². The second kappa shape index (κ2) is 3.41. The predicted octanol–water partition coefficient (Wildman–Crippen LogP) is 1.29. The quantitative estimate of drug-likeness (QED) is 0.665. The molecule has 0 aliphatic carbocycles. The highest BCUT2D eigenvalue weighted by Gasteiger charge is 2.08. The Labute approximate surface area is 81.2 Å². The van der Waals surface area contributed by atoms with Crippen molar-refractivity contribution in [2.24, 2.45) is 7.05 Å². The van der Waals surface area contributed by atoms with Crippen LogP contribution in [-0.2, 0) is 7.05 Å². The molecule has 4 heteroatoms. The van der Waals surface area contributed by atoms with Gasteiger partial charge in [-0.25, -0.2) is 0 Å². The second-order valence-corrected chi connectivity index (χ2v) is 2.96. The van der Waals surface area contributed by atoms with E-state index < -0.39 is 0 Å². The first-order valence-corrected chi connectivity index (χ1v) is 4.20. The van der Waals surface area contributed by atoms with E-state index in [0.717, 1.165) is 11.8 Å². The zero-order chi connectivity index (χ0) is 9.97. The molecular formula is C10H9N3O. The number of carbonyl (C=O) groups excluding carboxylic acids is 1. The largest absolute Gasteiger partial charge is 0.298 e. The molecule has 4 nitrogen and oxygen atoms in total. The lowest BCUT2D eigenvalue weighted by atomic mass is 10.1. The van der Waals surface area contributed by atoms with Gasteiger partial charge < -0.3 is 0 Å². The Morgan fingerprint density at radius 3 is 2.71 bits per heavy atom. The summed E-state index contributed by atoms with van der Waals surface area (Å²) in [4.78, 5) is 14.7. The summed E-state index contributed by atoms with van der Waals surface area (Å²) in [5.41, 5.74) is 2.20. The number of hydrogen-bond acceptors (Lipinski definition) is 3. The van der Waals surface area contributed by atoms with E-state index in [9.17, 15) is 4.79 Å². The molecule has 0 saturated carbocycles. The van der Waals surface area contributed by atoms with Crippen LogP contribution in [0.2, 0.25) is 0 Å². The first-order valence-electron chi connectivity index (χ1n) is 4.20. The van der Waals surface area contributed by atoms with Crippen LogP contribution < -0.4 is 0 Å². The molecule has 0 aliphatic heterocycles. The first-order chi connectivity index (χ1) is 6.81. The molecule has 2 aromatic rings. The van der Waals surface area contributed by atoms with Gasteiger partial charge in [0, 0.05) is 31.2 Å². The van der Waals surface area contributed by atoms with Gasteiger partial charge in [-0.3, -0.25) is 14.5 Å². The van der Waals surface area contributed by atoms with Crippen LogP contribution in [0.15, 0.2) is 30.7 Å². The van der Waals surface area contributed by atoms with E-state index in [1.165, 1.54) is 0 Å². The van der Waals surface area contributed by atoms with E-state index in [2.05, 4.69) is 10.1 Å². The van der Waals surface area contributed by atoms with Crippen LogP contribution in [0.3, 0.4) is 0 Å². The average molecular weight is 187 g/mol. The smallest absolute Gasteiger partial charge is 0.153 e. The number of pyridine rings is 1. The average Bonchev–Trinajstić information content (AvgIpc) is 2.61. The molecule has 0 N–H and O–H groups in total. The molecule has 0 unspecified atom stereocenters.